The molecule has 2 amide bonds. The largest absolute Gasteiger partial charge is 0.481 e. The summed E-state index contributed by atoms with van der Waals surface area (Å²) < 4.78 is 12.5. The molecule has 3 rings (SSSR count). The molecule has 0 saturated carbocycles. The minimum absolute atomic E-state index is 0. The molecule has 3 N–H and O–H groups in total. The van der Waals surface area contributed by atoms with Gasteiger partial charge in [0, 0.05) is 13.1 Å². The van der Waals surface area contributed by atoms with E-state index in [9.17, 15) is 9.59 Å². The Bertz CT molecular complexity index is 787. The molecule has 0 aromatic heterocycles. The van der Waals surface area contributed by atoms with Crippen LogP contribution in [0, 0.1) is 0 Å². The van der Waals surface area contributed by atoms with E-state index in [2.05, 4.69) is 17.4 Å². The van der Waals surface area contributed by atoms with Crippen molar-refractivity contribution in [3.8, 4) is 0 Å². The summed E-state index contributed by atoms with van der Waals surface area (Å²) in [5, 5.41) is 3.04. The Morgan fingerprint density at radius 3 is 2.24 bits per heavy atom. The van der Waals surface area contributed by atoms with E-state index in [0.29, 0.717) is 6.42 Å². The van der Waals surface area contributed by atoms with Crippen molar-refractivity contribution in [2.75, 3.05) is 13.1 Å². The Morgan fingerprint density at radius 1 is 1.06 bits per heavy atom. The number of carbonyl (C=O) groups excluding carboxylic acids is 2. The van der Waals surface area contributed by atoms with Crippen LogP contribution >= 0.6 is 12.4 Å². The van der Waals surface area contributed by atoms with E-state index < -0.39 is 24.4 Å². The molecule has 34 heavy (non-hydrogen) atoms. The Labute approximate surface area is 211 Å². The summed E-state index contributed by atoms with van der Waals surface area (Å²) >= 11 is 0. The van der Waals surface area contributed by atoms with E-state index >= 15 is 0 Å². The number of halogens is 1. The number of piperidine rings is 1. The highest BCUT2D eigenvalue weighted by Gasteiger charge is 2.54. The van der Waals surface area contributed by atoms with Crippen molar-refractivity contribution in [2.45, 2.75) is 95.8 Å². The van der Waals surface area contributed by atoms with Gasteiger partial charge in [-0.2, -0.15) is 0 Å². The molecule has 2 aliphatic heterocycles. The van der Waals surface area contributed by atoms with Crippen LogP contribution in [0.1, 0.15) is 71.8 Å². The zero-order valence-electron chi connectivity index (χ0n) is 21.0. The van der Waals surface area contributed by atoms with Gasteiger partial charge in [-0.1, -0.05) is 30.3 Å². The van der Waals surface area contributed by atoms with Crippen LogP contribution in [0.2, 0.25) is 0 Å². The molecule has 9 heteroatoms. The first-order chi connectivity index (χ1) is 15.6. The number of nitrogens with zero attached hydrogens (tertiary/aromatic N) is 1. The van der Waals surface area contributed by atoms with Gasteiger partial charge in [-0.15, -0.1) is 12.4 Å². The molecule has 0 radical (unpaired) electrons. The van der Waals surface area contributed by atoms with Crippen LogP contribution in [-0.2, 0) is 25.3 Å². The Hall–Kier alpha value is -1.61. The molecule has 0 spiro atoms. The second-order valence-electron chi connectivity index (χ2n) is 10.4. The number of carbonyl (C=O) groups is 2. The van der Waals surface area contributed by atoms with Crippen molar-refractivity contribution in [1.29, 1.82) is 0 Å². The van der Waals surface area contributed by atoms with Crippen molar-refractivity contribution < 1.29 is 18.9 Å². The Morgan fingerprint density at radius 2 is 1.65 bits per heavy atom. The van der Waals surface area contributed by atoms with E-state index in [0.717, 1.165) is 45.2 Å². The van der Waals surface area contributed by atoms with Crippen LogP contribution in [0.3, 0.4) is 0 Å². The standard InChI is InChI=1S/C25H40BN3O4.ClH/c1-24(2)25(3,4)33-26(32-24)21(15-11-14-19-12-7-5-8-13-19)28-23(31)20(27)18-22(30)29-16-9-6-10-17-29;/h5,7-8,12-13,20-21H,6,9-11,14-18,27H2,1-4H3,(H,28,31);1H/t20?,21-;/m0./s1. The van der Waals surface area contributed by atoms with Crippen LogP contribution in [0.25, 0.3) is 0 Å². The van der Waals surface area contributed by atoms with Crippen LogP contribution < -0.4 is 11.1 Å². The minimum Gasteiger partial charge on any atom is -0.402 e. The van der Waals surface area contributed by atoms with Crippen molar-refractivity contribution in [3.05, 3.63) is 35.9 Å². The third-order valence-electron chi connectivity index (χ3n) is 7.19. The van der Waals surface area contributed by atoms with E-state index in [-0.39, 0.29) is 36.6 Å². The van der Waals surface area contributed by atoms with Gasteiger partial charge in [-0.25, -0.2) is 0 Å². The maximum Gasteiger partial charge on any atom is 0.481 e. The van der Waals surface area contributed by atoms with Gasteiger partial charge in [0.05, 0.1) is 29.6 Å². The lowest BCUT2D eigenvalue weighted by Crippen LogP contribution is -2.53. The summed E-state index contributed by atoms with van der Waals surface area (Å²) in [6, 6.07) is 9.37. The monoisotopic (exact) mass is 493 g/mol. The molecule has 0 bridgehead atoms. The van der Waals surface area contributed by atoms with Crippen LogP contribution in [0.5, 0.6) is 0 Å². The molecule has 1 aromatic carbocycles. The zero-order valence-corrected chi connectivity index (χ0v) is 21.9. The third kappa shape index (κ3) is 7.44. The van der Waals surface area contributed by atoms with Gasteiger partial charge in [0.2, 0.25) is 11.8 Å². The molecule has 2 fully saturated rings. The van der Waals surface area contributed by atoms with E-state index in [4.69, 9.17) is 15.0 Å². The van der Waals surface area contributed by atoms with E-state index in [1.807, 2.05) is 50.8 Å². The van der Waals surface area contributed by atoms with Gasteiger partial charge in [0.25, 0.3) is 0 Å². The molecule has 2 heterocycles. The number of benzene rings is 1. The third-order valence-corrected chi connectivity index (χ3v) is 7.19. The first kappa shape index (κ1) is 28.6. The number of likely N-dealkylation sites (tertiary alicyclic amines) is 1. The first-order valence-electron chi connectivity index (χ1n) is 12.3. The fourth-order valence-corrected chi connectivity index (χ4v) is 4.34. The number of rotatable bonds is 9. The topological polar surface area (TPSA) is 93.9 Å². The highest BCUT2D eigenvalue weighted by atomic mass is 35.5. The fourth-order valence-electron chi connectivity index (χ4n) is 4.34. The van der Waals surface area contributed by atoms with Crippen molar-refractivity contribution >= 4 is 31.3 Å². The SMILES string of the molecule is CC1(C)OB([C@H](CCCc2ccccc2)NC(=O)C(N)CC(=O)N2CCCCC2)OC1(C)C.Cl. The summed E-state index contributed by atoms with van der Waals surface area (Å²) in [4.78, 5) is 27.4. The predicted molar refractivity (Wildman–Crippen MR) is 138 cm³/mol. The Kier molecular flexibility index (Phi) is 10.4. The van der Waals surface area contributed by atoms with Gasteiger partial charge in [0.15, 0.2) is 0 Å². The average molecular weight is 494 g/mol. The number of nitrogens with one attached hydrogen (secondary N) is 1. The minimum atomic E-state index is -0.890. The lowest BCUT2D eigenvalue weighted by Gasteiger charge is -2.32. The summed E-state index contributed by atoms with van der Waals surface area (Å²) in [5.41, 5.74) is 6.42. The second-order valence-corrected chi connectivity index (χ2v) is 10.4. The molecule has 1 unspecified atom stereocenters. The molecule has 1 aromatic rings. The van der Waals surface area contributed by atoms with Crippen molar-refractivity contribution in [3.63, 3.8) is 0 Å². The second kappa shape index (κ2) is 12.4. The number of aryl methyl sites for hydroxylation is 1. The molecule has 2 saturated heterocycles. The molecule has 2 aliphatic rings. The molecule has 7 nitrogen and oxygen atoms in total. The molecular weight excluding hydrogens is 453 g/mol. The molecule has 0 aliphatic carbocycles. The van der Waals surface area contributed by atoms with Gasteiger partial charge < -0.3 is 25.3 Å². The smallest absolute Gasteiger partial charge is 0.402 e. The normalized spacial score (nSPS) is 20.9. The summed E-state index contributed by atoms with van der Waals surface area (Å²) in [7, 11) is -0.570. The number of amides is 2. The quantitative estimate of drug-likeness (QED) is 0.515. The fraction of sp³-hybridized carbons (Fsp3) is 0.680. The van der Waals surface area contributed by atoms with Gasteiger partial charge in [0.1, 0.15) is 0 Å². The van der Waals surface area contributed by atoms with Crippen molar-refractivity contribution in [1.82, 2.24) is 10.2 Å². The maximum absolute atomic E-state index is 13.0. The van der Waals surface area contributed by atoms with Crippen LogP contribution in [0.15, 0.2) is 30.3 Å². The summed E-state index contributed by atoms with van der Waals surface area (Å²) in [6.45, 7) is 9.50. The molecule has 190 valence electrons. The van der Waals surface area contributed by atoms with E-state index in [1.165, 1.54) is 5.56 Å². The summed E-state index contributed by atoms with van der Waals surface area (Å²) in [6.07, 6.45) is 5.63. The predicted octanol–water partition coefficient (Wildman–Crippen LogP) is 3.28. The summed E-state index contributed by atoms with van der Waals surface area (Å²) in [5.74, 6) is -0.730. The zero-order chi connectivity index (χ0) is 24.1. The first-order valence-corrected chi connectivity index (χ1v) is 12.3. The van der Waals surface area contributed by atoms with Crippen LogP contribution in [-0.4, -0.2) is 60.1 Å². The lowest BCUT2D eigenvalue weighted by molar-refractivity contribution is -0.135. The Balaban J connectivity index is 0.00000408. The van der Waals surface area contributed by atoms with Crippen LogP contribution in [0.4, 0.5) is 0 Å². The van der Waals surface area contributed by atoms with Gasteiger partial charge >= 0.3 is 7.12 Å². The maximum atomic E-state index is 13.0. The number of nitrogens with two attached hydrogens (primary N) is 1. The van der Waals surface area contributed by atoms with E-state index in [1.54, 1.807) is 0 Å². The highest BCUT2D eigenvalue weighted by Crippen LogP contribution is 2.38. The highest BCUT2D eigenvalue weighted by molar-refractivity contribution is 6.48. The number of hydrogen-bond donors (Lipinski definition) is 2. The lowest BCUT2D eigenvalue weighted by atomic mass is 9.75. The molecule has 2 atom stereocenters. The van der Waals surface area contributed by atoms with Crippen molar-refractivity contribution in [2.24, 2.45) is 5.73 Å². The number of hydrogen-bond acceptors (Lipinski definition) is 5. The van der Waals surface area contributed by atoms with Gasteiger partial charge in [-0.05, 0) is 71.8 Å². The molecular formula is C25H41BClN3O4. The average Bonchev–Trinajstić information content (AvgIpc) is 3.01. The van der Waals surface area contributed by atoms with Gasteiger partial charge in [-0.3, -0.25) is 9.59 Å².